The third kappa shape index (κ3) is 5.99. The maximum absolute atomic E-state index is 12.6. The summed E-state index contributed by atoms with van der Waals surface area (Å²) < 4.78 is 38.4. The van der Waals surface area contributed by atoms with Gasteiger partial charge < -0.3 is 14.8 Å². The third-order valence-corrected chi connectivity index (χ3v) is 5.87. The minimum atomic E-state index is -3.77. The van der Waals surface area contributed by atoms with Gasteiger partial charge in [0.05, 0.1) is 12.0 Å². The molecule has 3 aromatic rings. The van der Waals surface area contributed by atoms with Crippen LogP contribution in [0.2, 0.25) is 0 Å². The Balaban J connectivity index is 1.61. The summed E-state index contributed by atoms with van der Waals surface area (Å²) in [5.41, 5.74) is 1.98. The van der Waals surface area contributed by atoms with Crippen molar-refractivity contribution in [2.45, 2.75) is 24.8 Å². The minimum Gasteiger partial charge on any atom is -0.497 e. The van der Waals surface area contributed by atoms with E-state index in [0.29, 0.717) is 22.9 Å². The Kier molecular flexibility index (Phi) is 6.81. The molecule has 7 nitrogen and oxygen atoms in total. The van der Waals surface area contributed by atoms with Crippen LogP contribution < -0.4 is 19.5 Å². The van der Waals surface area contributed by atoms with Gasteiger partial charge in [0.2, 0.25) is 0 Å². The van der Waals surface area contributed by atoms with Gasteiger partial charge in [0.25, 0.3) is 15.9 Å². The summed E-state index contributed by atoms with van der Waals surface area (Å²) in [7, 11) is -2.23. The first-order chi connectivity index (χ1) is 14.8. The number of carbonyl (C=O) groups is 1. The first-order valence-corrected chi connectivity index (χ1v) is 11.1. The lowest BCUT2D eigenvalue weighted by Gasteiger charge is -2.15. The average Bonchev–Trinajstić information content (AvgIpc) is 2.76. The number of sulfonamides is 1. The minimum absolute atomic E-state index is 0.0743. The summed E-state index contributed by atoms with van der Waals surface area (Å²) in [6.07, 6.45) is -0.720. The van der Waals surface area contributed by atoms with Crippen LogP contribution >= 0.6 is 0 Å². The molecule has 0 aliphatic heterocycles. The standard InChI is InChI=1S/C23H24N2O5S/c1-16-4-10-21(11-5-16)30-17(2)23(26)24-18-8-14-22(15-9-18)31(27,28)25-19-6-12-20(29-3)13-7-19/h4-15,17,25H,1-3H3,(H,24,26). The maximum Gasteiger partial charge on any atom is 0.265 e. The Morgan fingerprint density at radius 2 is 1.39 bits per heavy atom. The highest BCUT2D eigenvalue weighted by molar-refractivity contribution is 7.92. The molecule has 0 spiro atoms. The van der Waals surface area contributed by atoms with Crippen molar-refractivity contribution in [2.24, 2.45) is 0 Å². The fourth-order valence-corrected chi connectivity index (χ4v) is 3.77. The van der Waals surface area contributed by atoms with Crippen molar-refractivity contribution in [2.75, 3.05) is 17.1 Å². The van der Waals surface area contributed by atoms with E-state index in [1.807, 2.05) is 19.1 Å². The molecule has 0 aromatic heterocycles. The quantitative estimate of drug-likeness (QED) is 0.547. The molecule has 0 radical (unpaired) electrons. The molecule has 1 amide bonds. The van der Waals surface area contributed by atoms with Crippen molar-refractivity contribution in [3.63, 3.8) is 0 Å². The van der Waals surface area contributed by atoms with Crippen LogP contribution in [0.5, 0.6) is 11.5 Å². The van der Waals surface area contributed by atoms with Gasteiger partial charge in [-0.05, 0) is 74.5 Å². The summed E-state index contributed by atoms with van der Waals surface area (Å²) in [5.74, 6) is 0.885. The molecule has 0 heterocycles. The lowest BCUT2D eigenvalue weighted by molar-refractivity contribution is -0.122. The van der Waals surface area contributed by atoms with Gasteiger partial charge in [-0.2, -0.15) is 0 Å². The van der Waals surface area contributed by atoms with Crippen molar-refractivity contribution in [1.29, 1.82) is 0 Å². The fourth-order valence-electron chi connectivity index (χ4n) is 2.71. The number of methoxy groups -OCH3 is 1. The molecule has 0 aliphatic carbocycles. The van der Waals surface area contributed by atoms with Crippen LogP contribution in [0.15, 0.2) is 77.7 Å². The number of hydrogen-bond acceptors (Lipinski definition) is 5. The van der Waals surface area contributed by atoms with E-state index in [0.717, 1.165) is 5.56 Å². The Morgan fingerprint density at radius 3 is 1.97 bits per heavy atom. The molecule has 0 aliphatic rings. The fraction of sp³-hybridized carbons (Fsp3) is 0.174. The van der Waals surface area contributed by atoms with Gasteiger partial charge in [0, 0.05) is 11.4 Å². The number of hydrogen-bond donors (Lipinski definition) is 2. The van der Waals surface area contributed by atoms with Crippen molar-refractivity contribution in [3.8, 4) is 11.5 Å². The van der Waals surface area contributed by atoms with Crippen molar-refractivity contribution >= 4 is 27.3 Å². The smallest absolute Gasteiger partial charge is 0.265 e. The number of rotatable bonds is 8. The molecule has 8 heteroatoms. The van der Waals surface area contributed by atoms with Crippen LogP contribution in [-0.2, 0) is 14.8 Å². The van der Waals surface area contributed by atoms with Gasteiger partial charge in [-0.15, -0.1) is 0 Å². The zero-order valence-corrected chi connectivity index (χ0v) is 18.3. The predicted molar refractivity (Wildman–Crippen MR) is 120 cm³/mol. The SMILES string of the molecule is COc1ccc(NS(=O)(=O)c2ccc(NC(=O)C(C)Oc3ccc(C)cc3)cc2)cc1. The van der Waals surface area contributed by atoms with E-state index in [4.69, 9.17) is 9.47 Å². The van der Waals surface area contributed by atoms with Crippen LogP contribution in [0.25, 0.3) is 0 Å². The second-order valence-electron chi connectivity index (χ2n) is 6.92. The third-order valence-electron chi connectivity index (χ3n) is 4.48. The number of carbonyl (C=O) groups excluding carboxylic acids is 1. The summed E-state index contributed by atoms with van der Waals surface area (Å²) in [6, 6.07) is 19.9. The van der Waals surface area contributed by atoms with Gasteiger partial charge >= 0.3 is 0 Å². The highest BCUT2D eigenvalue weighted by Crippen LogP contribution is 2.21. The summed E-state index contributed by atoms with van der Waals surface area (Å²) in [5, 5.41) is 2.72. The monoisotopic (exact) mass is 440 g/mol. The Hall–Kier alpha value is -3.52. The van der Waals surface area contributed by atoms with E-state index in [2.05, 4.69) is 10.0 Å². The summed E-state index contributed by atoms with van der Waals surface area (Å²) in [6.45, 7) is 3.61. The molecule has 31 heavy (non-hydrogen) atoms. The Morgan fingerprint density at radius 1 is 0.839 bits per heavy atom. The van der Waals surface area contributed by atoms with E-state index >= 15 is 0 Å². The van der Waals surface area contributed by atoms with Crippen LogP contribution in [0, 0.1) is 6.92 Å². The molecule has 2 N–H and O–H groups in total. The van der Waals surface area contributed by atoms with E-state index in [9.17, 15) is 13.2 Å². The highest BCUT2D eigenvalue weighted by atomic mass is 32.2. The number of amides is 1. The van der Waals surface area contributed by atoms with Gasteiger partial charge in [-0.1, -0.05) is 17.7 Å². The van der Waals surface area contributed by atoms with E-state index in [1.54, 1.807) is 43.3 Å². The normalized spacial score (nSPS) is 12.0. The van der Waals surface area contributed by atoms with Crippen LogP contribution in [-0.4, -0.2) is 27.5 Å². The second kappa shape index (κ2) is 9.53. The molecule has 3 aromatic carbocycles. The second-order valence-corrected chi connectivity index (χ2v) is 8.60. The zero-order chi connectivity index (χ0) is 22.4. The van der Waals surface area contributed by atoms with Crippen LogP contribution in [0.4, 0.5) is 11.4 Å². The molecule has 0 fully saturated rings. The summed E-state index contributed by atoms with van der Waals surface area (Å²) in [4.78, 5) is 12.5. The van der Waals surface area contributed by atoms with Crippen molar-refractivity contribution in [1.82, 2.24) is 0 Å². The number of ether oxygens (including phenoxy) is 2. The Labute approximate surface area is 182 Å². The van der Waals surface area contributed by atoms with E-state index in [-0.39, 0.29) is 10.8 Å². The number of benzene rings is 3. The van der Waals surface area contributed by atoms with Crippen molar-refractivity contribution < 1.29 is 22.7 Å². The van der Waals surface area contributed by atoms with Gasteiger partial charge in [-0.3, -0.25) is 9.52 Å². The summed E-state index contributed by atoms with van der Waals surface area (Å²) >= 11 is 0. The molecule has 0 saturated carbocycles. The lowest BCUT2D eigenvalue weighted by Crippen LogP contribution is -2.30. The first-order valence-electron chi connectivity index (χ1n) is 9.58. The molecule has 3 rings (SSSR count). The Bertz CT molecular complexity index is 1130. The molecular formula is C23H24N2O5S. The van der Waals surface area contributed by atoms with Gasteiger partial charge in [0.1, 0.15) is 11.5 Å². The maximum atomic E-state index is 12.6. The van der Waals surface area contributed by atoms with Crippen molar-refractivity contribution in [3.05, 3.63) is 78.4 Å². The van der Waals surface area contributed by atoms with E-state index < -0.39 is 16.1 Å². The number of nitrogens with one attached hydrogen (secondary N) is 2. The molecule has 1 unspecified atom stereocenters. The highest BCUT2D eigenvalue weighted by Gasteiger charge is 2.17. The average molecular weight is 441 g/mol. The van der Waals surface area contributed by atoms with Crippen LogP contribution in [0.3, 0.4) is 0 Å². The number of anilines is 2. The largest absolute Gasteiger partial charge is 0.497 e. The predicted octanol–water partition coefficient (Wildman–Crippen LogP) is 4.21. The molecule has 0 bridgehead atoms. The van der Waals surface area contributed by atoms with Gasteiger partial charge in [0.15, 0.2) is 6.10 Å². The van der Waals surface area contributed by atoms with Crippen LogP contribution in [0.1, 0.15) is 12.5 Å². The van der Waals surface area contributed by atoms with E-state index in [1.165, 1.54) is 31.4 Å². The molecular weight excluding hydrogens is 416 g/mol. The molecule has 1 atom stereocenters. The molecule has 0 saturated heterocycles. The molecule has 162 valence electrons. The zero-order valence-electron chi connectivity index (χ0n) is 17.5. The lowest BCUT2D eigenvalue weighted by atomic mass is 10.2. The topological polar surface area (TPSA) is 93.7 Å². The first kappa shape index (κ1) is 22.2. The van der Waals surface area contributed by atoms with Gasteiger partial charge in [-0.25, -0.2) is 8.42 Å². The number of aryl methyl sites for hydroxylation is 1.